The molecule has 0 bridgehead atoms. The van der Waals surface area contributed by atoms with E-state index in [2.05, 4.69) is 20.4 Å². The molecular weight excluding hydrogens is 420 g/mol. The van der Waals surface area contributed by atoms with Gasteiger partial charge in [0.05, 0.1) is 6.08 Å². The van der Waals surface area contributed by atoms with Gasteiger partial charge in [0.15, 0.2) is 16.7 Å². The maximum Gasteiger partial charge on any atom is 0.364 e. The zero-order valence-electron chi connectivity index (χ0n) is 15.6. The average molecular weight is 440 g/mol. The topological polar surface area (TPSA) is 223 Å². The third-order valence-corrected chi connectivity index (χ3v) is 4.40. The number of nitro groups is 1. The molecule has 1 aliphatic rings. The first-order valence-electron chi connectivity index (χ1n) is 8.61. The first-order valence-corrected chi connectivity index (χ1v) is 9.49. The molecule has 1 aliphatic carbocycles. The Kier molecular flexibility index (Phi) is 8.04. The molecular formula is C15H20N8O6S. The largest absolute Gasteiger partial charge is 0.459 e. The number of hydrogen-bond acceptors (Lipinski definition) is 9. The van der Waals surface area contributed by atoms with Crippen molar-refractivity contribution in [2.24, 2.45) is 27.3 Å². The van der Waals surface area contributed by atoms with Crippen molar-refractivity contribution in [1.29, 1.82) is 0 Å². The molecule has 2 atom stereocenters. The molecule has 1 aromatic rings. The van der Waals surface area contributed by atoms with Gasteiger partial charge < -0.3 is 32.0 Å². The molecule has 0 amide bonds. The van der Waals surface area contributed by atoms with Gasteiger partial charge in [0, 0.05) is 24.0 Å². The van der Waals surface area contributed by atoms with Gasteiger partial charge in [0.2, 0.25) is 0 Å². The van der Waals surface area contributed by atoms with Gasteiger partial charge in [0.25, 0.3) is 11.2 Å². The Balaban J connectivity index is 2.00. The Bertz CT molecular complexity index is 864. The van der Waals surface area contributed by atoms with E-state index >= 15 is 0 Å². The molecule has 7 N–H and O–H groups in total. The van der Waals surface area contributed by atoms with Gasteiger partial charge in [-0.2, -0.15) is 0 Å². The number of ether oxygens (including phenoxy) is 2. The lowest BCUT2D eigenvalue weighted by Crippen LogP contribution is -2.44. The summed E-state index contributed by atoms with van der Waals surface area (Å²) in [5, 5.41) is 16.8. The van der Waals surface area contributed by atoms with Crippen LogP contribution in [0.1, 0.15) is 25.7 Å². The highest BCUT2D eigenvalue weighted by molar-refractivity contribution is 7.11. The second-order valence-electron chi connectivity index (χ2n) is 6.04. The van der Waals surface area contributed by atoms with Crippen LogP contribution in [0.25, 0.3) is 0 Å². The number of aromatic nitrogens is 1. The zero-order valence-corrected chi connectivity index (χ0v) is 16.4. The van der Waals surface area contributed by atoms with Crippen LogP contribution in [0.15, 0.2) is 33.4 Å². The molecule has 30 heavy (non-hydrogen) atoms. The van der Waals surface area contributed by atoms with E-state index in [0.717, 1.165) is 17.4 Å². The Hall–Kier alpha value is -3.75. The molecule has 162 valence electrons. The van der Waals surface area contributed by atoms with Crippen LogP contribution in [0.5, 0.6) is 5.19 Å². The van der Waals surface area contributed by atoms with E-state index < -0.39 is 34.7 Å². The van der Waals surface area contributed by atoms with E-state index in [1.165, 1.54) is 6.20 Å². The summed E-state index contributed by atoms with van der Waals surface area (Å²) in [5.41, 5.74) is 15.6. The number of nitrogens with two attached hydrogens (primary N) is 3. The molecule has 1 heterocycles. The lowest BCUT2D eigenvalue weighted by atomic mass is 9.93. The first-order chi connectivity index (χ1) is 14.2. The number of nitrogens with one attached hydrogen (secondary N) is 1. The number of esters is 2. The molecule has 0 saturated heterocycles. The van der Waals surface area contributed by atoms with Crippen LogP contribution < -0.4 is 27.3 Å². The predicted octanol–water partition coefficient (Wildman–Crippen LogP) is -0.844. The standard InChI is InChI=1S/C15H20N8O6S/c16-13(17)21-10(12(25)29-15-19-4-5-30-15)7-11(24)28-9-3-1-2-8(6-9)20-14(18)22-23(26)27/h4-5,7-9H,1-3,6H2,(H4,16,17,21)(H3,18,20,22)/b10-7+. The summed E-state index contributed by atoms with van der Waals surface area (Å²) < 4.78 is 10.3. The maximum atomic E-state index is 12.3. The highest BCUT2D eigenvalue weighted by atomic mass is 32.1. The summed E-state index contributed by atoms with van der Waals surface area (Å²) in [5.74, 6) is -2.63. The van der Waals surface area contributed by atoms with E-state index in [0.29, 0.717) is 25.7 Å². The van der Waals surface area contributed by atoms with Crippen molar-refractivity contribution in [2.45, 2.75) is 37.8 Å². The van der Waals surface area contributed by atoms with Crippen LogP contribution in [-0.4, -0.2) is 46.0 Å². The fourth-order valence-corrected chi connectivity index (χ4v) is 3.17. The number of carbonyl (C=O) groups excluding carboxylic acids is 2. The summed E-state index contributed by atoms with van der Waals surface area (Å²) in [7, 11) is 0. The van der Waals surface area contributed by atoms with Crippen molar-refractivity contribution in [1.82, 2.24) is 10.3 Å². The fourth-order valence-electron chi connectivity index (χ4n) is 2.69. The summed E-state index contributed by atoms with van der Waals surface area (Å²) in [6.45, 7) is 0. The number of thiazole rings is 1. The number of aliphatic imine (C=N–C) groups is 1. The Morgan fingerprint density at radius 2 is 2.13 bits per heavy atom. The van der Waals surface area contributed by atoms with Gasteiger partial charge >= 0.3 is 11.9 Å². The zero-order chi connectivity index (χ0) is 22.1. The van der Waals surface area contributed by atoms with Crippen molar-refractivity contribution >= 4 is 35.2 Å². The number of hydrazone groups is 1. The maximum absolute atomic E-state index is 12.3. The highest BCUT2D eigenvalue weighted by Gasteiger charge is 2.26. The Morgan fingerprint density at radius 1 is 1.37 bits per heavy atom. The Labute approximate surface area is 174 Å². The van der Waals surface area contributed by atoms with Crippen LogP contribution in [0.2, 0.25) is 0 Å². The molecule has 0 aliphatic heterocycles. The molecule has 14 nitrogen and oxygen atoms in total. The van der Waals surface area contributed by atoms with Gasteiger partial charge in [-0.05, 0) is 19.3 Å². The van der Waals surface area contributed by atoms with Crippen LogP contribution >= 0.6 is 11.3 Å². The van der Waals surface area contributed by atoms with E-state index in [-0.39, 0.29) is 17.2 Å². The SMILES string of the molecule is NC(N)=N/C(=C/C(=O)OC1CCCC(NC(N)=N[N+](=O)[O-])C1)C(=O)Oc1nccs1. The van der Waals surface area contributed by atoms with Crippen LogP contribution in [0.3, 0.4) is 0 Å². The Morgan fingerprint density at radius 3 is 2.77 bits per heavy atom. The smallest absolute Gasteiger partial charge is 0.364 e. The molecule has 15 heteroatoms. The minimum absolute atomic E-state index is 0.0558. The number of guanidine groups is 2. The quantitative estimate of drug-likeness (QED) is 0.102. The highest BCUT2D eigenvalue weighted by Crippen LogP contribution is 2.22. The third-order valence-electron chi connectivity index (χ3n) is 3.75. The van der Waals surface area contributed by atoms with Crippen molar-refractivity contribution in [2.75, 3.05) is 0 Å². The summed E-state index contributed by atoms with van der Waals surface area (Å²) in [6, 6.07) is -0.267. The van der Waals surface area contributed by atoms with Crippen molar-refractivity contribution in [3.8, 4) is 5.19 Å². The summed E-state index contributed by atoms with van der Waals surface area (Å²) in [6.07, 6.45) is 3.98. The monoisotopic (exact) mass is 440 g/mol. The second-order valence-corrected chi connectivity index (χ2v) is 6.90. The molecule has 1 fully saturated rings. The molecule has 0 aromatic carbocycles. The lowest BCUT2D eigenvalue weighted by molar-refractivity contribution is -0.485. The summed E-state index contributed by atoms with van der Waals surface area (Å²) >= 11 is 1.07. The number of nitrogens with zero attached hydrogens (tertiary/aromatic N) is 4. The van der Waals surface area contributed by atoms with Crippen LogP contribution in [-0.2, 0) is 14.3 Å². The van der Waals surface area contributed by atoms with Crippen LogP contribution in [0, 0.1) is 10.1 Å². The molecule has 1 saturated carbocycles. The van der Waals surface area contributed by atoms with E-state index in [4.69, 9.17) is 26.7 Å². The van der Waals surface area contributed by atoms with Gasteiger partial charge in [-0.1, -0.05) is 11.3 Å². The normalized spacial score (nSPS) is 19.5. The number of carbonyl (C=O) groups is 2. The molecule has 2 unspecified atom stereocenters. The van der Waals surface area contributed by atoms with E-state index in [1.54, 1.807) is 5.38 Å². The second kappa shape index (κ2) is 10.7. The van der Waals surface area contributed by atoms with Gasteiger partial charge in [-0.3, -0.25) is 0 Å². The fraction of sp³-hybridized carbons (Fsp3) is 0.400. The van der Waals surface area contributed by atoms with Gasteiger partial charge in [0.1, 0.15) is 11.2 Å². The van der Waals surface area contributed by atoms with Crippen molar-refractivity contribution in [3.63, 3.8) is 0 Å². The van der Waals surface area contributed by atoms with Crippen LogP contribution in [0.4, 0.5) is 0 Å². The van der Waals surface area contributed by atoms with Crippen molar-refractivity contribution in [3.05, 3.63) is 33.5 Å². The number of rotatable bonds is 7. The molecule has 0 spiro atoms. The predicted molar refractivity (Wildman–Crippen MR) is 106 cm³/mol. The molecule has 1 aromatic heterocycles. The average Bonchev–Trinajstić information content (AvgIpc) is 3.13. The van der Waals surface area contributed by atoms with E-state index in [1.807, 2.05) is 0 Å². The van der Waals surface area contributed by atoms with E-state index in [9.17, 15) is 19.7 Å². The first kappa shape index (κ1) is 22.5. The lowest BCUT2D eigenvalue weighted by Gasteiger charge is -2.29. The number of hydrogen-bond donors (Lipinski definition) is 4. The minimum atomic E-state index is -0.984. The molecule has 2 rings (SSSR count). The van der Waals surface area contributed by atoms with Gasteiger partial charge in [-0.25, -0.2) is 29.7 Å². The molecule has 0 radical (unpaired) electrons. The van der Waals surface area contributed by atoms with Crippen molar-refractivity contribution < 1.29 is 24.1 Å². The minimum Gasteiger partial charge on any atom is -0.459 e. The van der Waals surface area contributed by atoms with Gasteiger partial charge in [-0.15, -0.1) is 0 Å². The third kappa shape index (κ3) is 7.70. The summed E-state index contributed by atoms with van der Waals surface area (Å²) in [4.78, 5) is 42.2.